The first-order valence-electron chi connectivity index (χ1n) is 11.7. The number of aryl methyl sites for hydroxylation is 2. The summed E-state index contributed by atoms with van der Waals surface area (Å²) in [5, 5.41) is 2.57. The van der Waals surface area contributed by atoms with Gasteiger partial charge in [-0.3, -0.25) is 9.30 Å². The summed E-state index contributed by atoms with van der Waals surface area (Å²) in [6, 6.07) is 12.7. The highest BCUT2D eigenvalue weighted by molar-refractivity contribution is 5.97. The number of morpholine rings is 1. The number of hydrogen-bond donors (Lipinski definition) is 0. The lowest BCUT2D eigenvalue weighted by atomic mass is 10.0. The Hall–Kier alpha value is -2.96. The third-order valence-electron chi connectivity index (χ3n) is 6.72. The van der Waals surface area contributed by atoms with Crippen molar-refractivity contribution in [2.24, 2.45) is 0 Å². The van der Waals surface area contributed by atoms with Crippen LogP contribution in [0.1, 0.15) is 18.5 Å². The number of aromatic nitrogens is 3. The van der Waals surface area contributed by atoms with Crippen molar-refractivity contribution in [2.45, 2.75) is 25.8 Å². The first kappa shape index (κ1) is 19.7. The van der Waals surface area contributed by atoms with Crippen molar-refractivity contribution in [3.8, 4) is 17.0 Å². The molecular formula is C26H29N4O2+. The van der Waals surface area contributed by atoms with Crippen LogP contribution in [-0.4, -0.2) is 53.7 Å². The smallest absolute Gasteiger partial charge is 0.189 e. The standard InChI is InChI=1S/C26H29N4O2/c1-2-11-30-25(18-27-26(30)6-1)23-19-29-10-3-5-24(29)22-17-20(7-8-21(22)23)32-14-4-9-28-12-15-31-16-13-28/h1-2,6-8,11,17-19H,3-5,9-10,12-16H2/q+1. The van der Waals surface area contributed by atoms with Gasteiger partial charge >= 0.3 is 0 Å². The normalized spacial score (nSPS) is 16.6. The van der Waals surface area contributed by atoms with Crippen LogP contribution in [-0.2, 0) is 17.7 Å². The second-order valence-electron chi connectivity index (χ2n) is 8.72. The van der Waals surface area contributed by atoms with Crippen LogP contribution in [0.3, 0.4) is 0 Å². The molecule has 1 aromatic carbocycles. The van der Waals surface area contributed by atoms with E-state index in [1.165, 1.54) is 28.5 Å². The average Bonchev–Trinajstić information content (AvgIpc) is 3.49. The maximum atomic E-state index is 6.18. The summed E-state index contributed by atoms with van der Waals surface area (Å²) in [6.45, 7) is 6.65. The highest BCUT2D eigenvalue weighted by Gasteiger charge is 2.26. The number of ether oxygens (including phenoxy) is 2. The molecule has 6 heteroatoms. The highest BCUT2D eigenvalue weighted by atomic mass is 16.5. The molecule has 5 heterocycles. The lowest BCUT2D eigenvalue weighted by Crippen LogP contribution is -2.37. The van der Waals surface area contributed by atoms with Crippen LogP contribution in [0.15, 0.2) is 55.0 Å². The van der Waals surface area contributed by atoms with Gasteiger partial charge in [-0.25, -0.2) is 9.55 Å². The average molecular weight is 430 g/mol. The lowest BCUT2D eigenvalue weighted by Gasteiger charge is -2.26. The summed E-state index contributed by atoms with van der Waals surface area (Å²) in [5.41, 5.74) is 4.74. The van der Waals surface area contributed by atoms with Gasteiger partial charge in [0.2, 0.25) is 0 Å². The fourth-order valence-electron chi connectivity index (χ4n) is 5.08. The Morgan fingerprint density at radius 3 is 2.97 bits per heavy atom. The van der Waals surface area contributed by atoms with Gasteiger partial charge in [-0.2, -0.15) is 0 Å². The van der Waals surface area contributed by atoms with E-state index in [4.69, 9.17) is 9.47 Å². The van der Waals surface area contributed by atoms with E-state index in [1.807, 2.05) is 12.3 Å². The van der Waals surface area contributed by atoms with Crippen molar-refractivity contribution in [3.63, 3.8) is 0 Å². The molecule has 4 aromatic rings. The zero-order valence-corrected chi connectivity index (χ0v) is 18.4. The number of hydrogen-bond acceptors (Lipinski definition) is 4. The predicted octanol–water partition coefficient (Wildman–Crippen LogP) is 3.49. The minimum atomic E-state index is 0.741. The van der Waals surface area contributed by atoms with Crippen molar-refractivity contribution in [3.05, 3.63) is 60.7 Å². The van der Waals surface area contributed by atoms with Crippen LogP contribution >= 0.6 is 0 Å². The molecule has 164 valence electrons. The van der Waals surface area contributed by atoms with Gasteiger partial charge < -0.3 is 9.47 Å². The van der Waals surface area contributed by atoms with Crippen LogP contribution in [0, 0.1) is 0 Å². The molecule has 0 atom stereocenters. The Morgan fingerprint density at radius 1 is 1.09 bits per heavy atom. The van der Waals surface area contributed by atoms with E-state index in [0.29, 0.717) is 0 Å². The van der Waals surface area contributed by atoms with Crippen molar-refractivity contribution in [1.82, 2.24) is 14.3 Å². The Kier molecular flexibility index (Phi) is 5.25. The maximum Gasteiger partial charge on any atom is 0.189 e. The van der Waals surface area contributed by atoms with Gasteiger partial charge in [-0.1, -0.05) is 6.07 Å². The van der Waals surface area contributed by atoms with Gasteiger partial charge in [0.05, 0.1) is 42.7 Å². The second-order valence-corrected chi connectivity index (χ2v) is 8.72. The van der Waals surface area contributed by atoms with Crippen molar-refractivity contribution >= 4 is 16.4 Å². The zero-order valence-electron chi connectivity index (χ0n) is 18.4. The molecule has 6 rings (SSSR count). The predicted molar refractivity (Wildman–Crippen MR) is 124 cm³/mol. The Labute approximate surface area is 188 Å². The third kappa shape index (κ3) is 3.63. The van der Waals surface area contributed by atoms with E-state index in [9.17, 15) is 0 Å². The van der Waals surface area contributed by atoms with Gasteiger partial charge in [0.15, 0.2) is 11.9 Å². The molecule has 0 amide bonds. The molecule has 0 spiro atoms. The van der Waals surface area contributed by atoms with Gasteiger partial charge in [0.25, 0.3) is 0 Å². The van der Waals surface area contributed by atoms with E-state index < -0.39 is 0 Å². The number of fused-ring (bicyclic) bond motifs is 4. The van der Waals surface area contributed by atoms with Crippen LogP contribution in [0.25, 0.3) is 27.7 Å². The summed E-state index contributed by atoms with van der Waals surface area (Å²) in [6.07, 6.45) is 9.73. The zero-order chi connectivity index (χ0) is 21.3. The van der Waals surface area contributed by atoms with E-state index in [0.717, 1.165) is 75.9 Å². The molecule has 2 aliphatic rings. The van der Waals surface area contributed by atoms with E-state index >= 15 is 0 Å². The molecule has 1 fully saturated rings. The number of rotatable bonds is 6. The Balaban J connectivity index is 1.29. The van der Waals surface area contributed by atoms with Crippen molar-refractivity contribution in [2.75, 3.05) is 39.5 Å². The van der Waals surface area contributed by atoms with Gasteiger partial charge in [0.1, 0.15) is 17.9 Å². The molecular weight excluding hydrogens is 400 g/mol. The van der Waals surface area contributed by atoms with Gasteiger partial charge in [-0.15, -0.1) is 0 Å². The lowest BCUT2D eigenvalue weighted by molar-refractivity contribution is -0.689. The Bertz CT molecular complexity index is 1260. The maximum absolute atomic E-state index is 6.18. The van der Waals surface area contributed by atoms with Gasteiger partial charge in [0, 0.05) is 44.1 Å². The molecule has 2 aliphatic heterocycles. The number of benzene rings is 1. The van der Waals surface area contributed by atoms with E-state index in [2.05, 4.69) is 61.6 Å². The summed E-state index contributed by atoms with van der Waals surface area (Å²) in [5.74, 6) is 0.962. The molecule has 32 heavy (non-hydrogen) atoms. The van der Waals surface area contributed by atoms with Crippen LogP contribution in [0.2, 0.25) is 0 Å². The number of imidazole rings is 1. The topological polar surface area (TPSA) is 42.9 Å². The molecule has 6 nitrogen and oxygen atoms in total. The van der Waals surface area contributed by atoms with E-state index in [-0.39, 0.29) is 0 Å². The van der Waals surface area contributed by atoms with E-state index in [1.54, 1.807) is 0 Å². The molecule has 0 bridgehead atoms. The van der Waals surface area contributed by atoms with Crippen molar-refractivity contribution in [1.29, 1.82) is 0 Å². The molecule has 0 aliphatic carbocycles. The molecule has 0 radical (unpaired) electrons. The SMILES string of the molecule is c1ccn2c(-c3c[n+]4c(c5cc(OCCCN6CCOCC6)ccc35)CCC4)cnc2c1. The molecule has 0 unspecified atom stereocenters. The van der Waals surface area contributed by atoms with Crippen molar-refractivity contribution < 1.29 is 14.0 Å². The first-order chi connectivity index (χ1) is 15.9. The van der Waals surface area contributed by atoms with Crippen LogP contribution in [0.4, 0.5) is 0 Å². The third-order valence-corrected chi connectivity index (χ3v) is 6.72. The minimum Gasteiger partial charge on any atom is -0.494 e. The minimum absolute atomic E-state index is 0.741. The number of pyridine rings is 2. The first-order valence-corrected chi connectivity index (χ1v) is 11.7. The summed E-state index contributed by atoms with van der Waals surface area (Å²) in [7, 11) is 0. The Morgan fingerprint density at radius 2 is 2.03 bits per heavy atom. The quantitative estimate of drug-likeness (QED) is 0.348. The van der Waals surface area contributed by atoms with Crippen LogP contribution < -0.4 is 9.30 Å². The molecule has 0 N–H and O–H groups in total. The molecule has 3 aromatic heterocycles. The summed E-state index contributed by atoms with van der Waals surface area (Å²) in [4.78, 5) is 7.08. The summed E-state index contributed by atoms with van der Waals surface area (Å²) >= 11 is 0. The second kappa shape index (κ2) is 8.52. The summed E-state index contributed by atoms with van der Waals surface area (Å²) < 4.78 is 16.2. The van der Waals surface area contributed by atoms with Crippen LogP contribution in [0.5, 0.6) is 5.75 Å². The molecule has 1 saturated heterocycles. The largest absolute Gasteiger partial charge is 0.494 e. The number of nitrogens with zero attached hydrogens (tertiary/aromatic N) is 4. The molecule has 0 saturated carbocycles. The monoisotopic (exact) mass is 429 g/mol. The highest BCUT2D eigenvalue weighted by Crippen LogP contribution is 2.33. The fourth-order valence-corrected chi connectivity index (χ4v) is 5.08. The van der Waals surface area contributed by atoms with Gasteiger partial charge in [-0.05, 0) is 36.8 Å². The fraction of sp³-hybridized carbons (Fsp3) is 0.385.